The summed E-state index contributed by atoms with van der Waals surface area (Å²) in [5, 5.41) is 8.89. The van der Waals surface area contributed by atoms with Crippen molar-refractivity contribution in [1.29, 1.82) is 0 Å². The molecule has 0 unspecified atom stereocenters. The lowest BCUT2D eigenvalue weighted by molar-refractivity contribution is 0.0696. The number of hydrogen-bond acceptors (Lipinski definition) is 7. The summed E-state index contributed by atoms with van der Waals surface area (Å²) in [6.07, 6.45) is 0. The second-order valence-electron chi connectivity index (χ2n) is 6.67. The van der Waals surface area contributed by atoms with Crippen molar-refractivity contribution in [2.45, 2.75) is 4.90 Å². The van der Waals surface area contributed by atoms with Crippen molar-refractivity contribution in [2.24, 2.45) is 0 Å². The number of ether oxygens (including phenoxy) is 4. The summed E-state index contributed by atoms with van der Waals surface area (Å²) in [6, 6.07) is 17.0. The number of rotatable bonds is 11. The molecule has 0 saturated carbocycles. The Morgan fingerprint density at radius 3 is 1.88 bits per heavy atom. The predicted octanol–water partition coefficient (Wildman–Crippen LogP) is 3.66. The maximum Gasteiger partial charge on any atom is 0.335 e. The SMILES string of the molecule is COc1ccc(OC)c(S(=O)(=O)Nc2ccc(OCCOc3ccc(C(=O)O)cc3)cc2)c1. The van der Waals surface area contributed by atoms with Crippen LogP contribution in [-0.2, 0) is 10.0 Å². The summed E-state index contributed by atoms with van der Waals surface area (Å²) in [5.74, 6) is 0.641. The van der Waals surface area contributed by atoms with E-state index in [0.717, 1.165) is 0 Å². The van der Waals surface area contributed by atoms with Crippen LogP contribution in [0.3, 0.4) is 0 Å². The number of aromatic carboxylic acids is 1. The molecule has 0 aromatic heterocycles. The van der Waals surface area contributed by atoms with E-state index >= 15 is 0 Å². The van der Waals surface area contributed by atoms with Gasteiger partial charge in [-0.05, 0) is 60.7 Å². The lowest BCUT2D eigenvalue weighted by Crippen LogP contribution is -2.14. The molecule has 0 amide bonds. The highest BCUT2D eigenvalue weighted by atomic mass is 32.2. The Kier molecular flexibility index (Phi) is 7.62. The van der Waals surface area contributed by atoms with Crippen molar-refractivity contribution in [3.8, 4) is 23.0 Å². The van der Waals surface area contributed by atoms with Gasteiger partial charge in [-0.3, -0.25) is 4.72 Å². The number of nitrogens with one attached hydrogen (secondary N) is 1. The first kappa shape index (κ1) is 23.7. The smallest absolute Gasteiger partial charge is 0.335 e. The van der Waals surface area contributed by atoms with E-state index in [1.807, 2.05) is 0 Å². The summed E-state index contributed by atoms with van der Waals surface area (Å²) < 4.78 is 49.5. The third-order valence-corrected chi connectivity index (χ3v) is 5.89. The van der Waals surface area contributed by atoms with Crippen molar-refractivity contribution in [2.75, 3.05) is 32.2 Å². The normalized spacial score (nSPS) is 10.8. The van der Waals surface area contributed by atoms with E-state index in [1.54, 1.807) is 42.5 Å². The minimum atomic E-state index is -3.91. The predicted molar refractivity (Wildman–Crippen MR) is 121 cm³/mol. The Morgan fingerprint density at radius 2 is 1.36 bits per heavy atom. The average molecular weight is 474 g/mol. The van der Waals surface area contributed by atoms with Crippen LogP contribution in [0, 0.1) is 0 Å². The van der Waals surface area contributed by atoms with Gasteiger partial charge in [-0.25, -0.2) is 13.2 Å². The van der Waals surface area contributed by atoms with Gasteiger partial charge in [0.2, 0.25) is 0 Å². The van der Waals surface area contributed by atoms with Crippen LogP contribution in [0.2, 0.25) is 0 Å². The van der Waals surface area contributed by atoms with Gasteiger partial charge in [-0.1, -0.05) is 0 Å². The Labute approximate surface area is 191 Å². The molecule has 0 radical (unpaired) electrons. The Bertz CT molecular complexity index is 1190. The van der Waals surface area contributed by atoms with Gasteiger partial charge in [0.1, 0.15) is 41.1 Å². The van der Waals surface area contributed by atoms with E-state index in [4.69, 9.17) is 24.1 Å². The topological polar surface area (TPSA) is 120 Å². The van der Waals surface area contributed by atoms with E-state index in [0.29, 0.717) is 22.9 Å². The van der Waals surface area contributed by atoms with E-state index < -0.39 is 16.0 Å². The van der Waals surface area contributed by atoms with Gasteiger partial charge in [-0.2, -0.15) is 0 Å². The third-order valence-electron chi connectivity index (χ3n) is 4.49. The van der Waals surface area contributed by atoms with Gasteiger partial charge in [0.05, 0.1) is 19.8 Å². The molecule has 3 aromatic carbocycles. The zero-order valence-electron chi connectivity index (χ0n) is 18.0. The van der Waals surface area contributed by atoms with Crippen LogP contribution >= 0.6 is 0 Å². The highest BCUT2D eigenvalue weighted by Crippen LogP contribution is 2.30. The lowest BCUT2D eigenvalue weighted by Gasteiger charge is -2.13. The third kappa shape index (κ3) is 6.30. The highest BCUT2D eigenvalue weighted by Gasteiger charge is 2.20. The molecule has 174 valence electrons. The van der Waals surface area contributed by atoms with E-state index in [-0.39, 0.29) is 29.4 Å². The van der Waals surface area contributed by atoms with Crippen LogP contribution in [-0.4, -0.2) is 46.9 Å². The summed E-state index contributed by atoms with van der Waals surface area (Å²) in [5.41, 5.74) is 0.529. The van der Waals surface area contributed by atoms with Gasteiger partial charge >= 0.3 is 5.97 Å². The van der Waals surface area contributed by atoms with Crippen molar-refractivity contribution in [3.05, 3.63) is 72.3 Å². The van der Waals surface area contributed by atoms with Crippen molar-refractivity contribution >= 4 is 21.7 Å². The highest BCUT2D eigenvalue weighted by molar-refractivity contribution is 7.92. The largest absolute Gasteiger partial charge is 0.497 e. The fourth-order valence-electron chi connectivity index (χ4n) is 2.84. The molecule has 33 heavy (non-hydrogen) atoms. The van der Waals surface area contributed by atoms with Gasteiger partial charge in [0.25, 0.3) is 10.0 Å². The molecular weight excluding hydrogens is 450 g/mol. The molecule has 0 heterocycles. The van der Waals surface area contributed by atoms with Gasteiger partial charge in [0, 0.05) is 11.8 Å². The number of anilines is 1. The molecule has 2 N–H and O–H groups in total. The minimum Gasteiger partial charge on any atom is -0.497 e. The second-order valence-corrected chi connectivity index (χ2v) is 8.32. The molecule has 0 aliphatic carbocycles. The maximum absolute atomic E-state index is 12.8. The zero-order valence-corrected chi connectivity index (χ0v) is 18.8. The van der Waals surface area contributed by atoms with Gasteiger partial charge in [0.15, 0.2) is 0 Å². The number of hydrogen-bond donors (Lipinski definition) is 2. The summed E-state index contributed by atoms with van der Waals surface area (Å²) in [4.78, 5) is 10.8. The van der Waals surface area contributed by atoms with E-state index in [2.05, 4.69) is 4.72 Å². The molecule has 10 heteroatoms. The van der Waals surface area contributed by atoms with Crippen LogP contribution in [0.5, 0.6) is 23.0 Å². The summed E-state index contributed by atoms with van der Waals surface area (Å²) in [6.45, 7) is 0.489. The number of carboxylic acids is 1. The van der Waals surface area contributed by atoms with Crippen molar-refractivity contribution in [3.63, 3.8) is 0 Å². The molecule has 0 aliphatic rings. The molecule has 0 bridgehead atoms. The first-order valence-electron chi connectivity index (χ1n) is 9.76. The minimum absolute atomic E-state index is 0.0433. The zero-order chi connectivity index (χ0) is 23.8. The molecule has 0 fully saturated rings. The molecule has 9 nitrogen and oxygen atoms in total. The first-order valence-corrected chi connectivity index (χ1v) is 11.2. The van der Waals surface area contributed by atoms with Crippen molar-refractivity contribution in [1.82, 2.24) is 0 Å². The van der Waals surface area contributed by atoms with Crippen LogP contribution in [0.4, 0.5) is 5.69 Å². The monoisotopic (exact) mass is 473 g/mol. The molecular formula is C23H23NO8S. The Hall–Kier alpha value is -3.92. The maximum atomic E-state index is 12.8. The lowest BCUT2D eigenvalue weighted by atomic mass is 10.2. The number of carbonyl (C=O) groups is 1. The van der Waals surface area contributed by atoms with Crippen LogP contribution < -0.4 is 23.7 Å². The molecule has 0 saturated heterocycles. The molecule has 0 spiro atoms. The quantitative estimate of drug-likeness (QED) is 0.405. The van der Waals surface area contributed by atoms with Gasteiger partial charge < -0.3 is 24.1 Å². The number of benzene rings is 3. The molecule has 0 aliphatic heterocycles. The Balaban J connectivity index is 1.55. The van der Waals surface area contributed by atoms with Crippen LogP contribution in [0.25, 0.3) is 0 Å². The number of sulfonamides is 1. The van der Waals surface area contributed by atoms with Crippen molar-refractivity contribution < 1.29 is 37.3 Å². The van der Waals surface area contributed by atoms with Crippen LogP contribution in [0.15, 0.2) is 71.6 Å². The first-order chi connectivity index (χ1) is 15.8. The molecule has 3 aromatic rings. The summed E-state index contributed by atoms with van der Waals surface area (Å²) in [7, 11) is -1.07. The van der Waals surface area contributed by atoms with Crippen LogP contribution in [0.1, 0.15) is 10.4 Å². The number of carboxylic acid groups (broad SMARTS) is 1. The van der Waals surface area contributed by atoms with Gasteiger partial charge in [-0.15, -0.1) is 0 Å². The Morgan fingerprint density at radius 1 is 0.818 bits per heavy atom. The molecule has 3 rings (SSSR count). The fourth-order valence-corrected chi connectivity index (χ4v) is 4.08. The summed E-state index contributed by atoms with van der Waals surface area (Å²) >= 11 is 0. The van der Waals surface area contributed by atoms with E-state index in [1.165, 1.54) is 38.5 Å². The second kappa shape index (κ2) is 10.6. The molecule has 0 atom stereocenters. The van der Waals surface area contributed by atoms with E-state index in [9.17, 15) is 13.2 Å². The fraction of sp³-hybridized carbons (Fsp3) is 0.174. The average Bonchev–Trinajstić information content (AvgIpc) is 2.82. The number of methoxy groups -OCH3 is 2. The standard InChI is InChI=1S/C23H23NO8S/c1-29-20-11-12-21(30-2)22(15-20)33(27,28)24-17-5-9-19(10-6-17)32-14-13-31-18-7-3-16(4-8-18)23(25)26/h3-12,15,24H,13-14H2,1-2H3,(H,25,26).